The van der Waals surface area contributed by atoms with Crippen LogP contribution in [0, 0.1) is 0 Å². The number of hydrogen-bond donors (Lipinski definition) is 4. The Morgan fingerprint density at radius 2 is 1.93 bits per heavy atom. The molecule has 0 aromatic rings. The Morgan fingerprint density at radius 1 is 1.29 bits per heavy atom. The van der Waals surface area contributed by atoms with Gasteiger partial charge in [-0.2, -0.15) is 0 Å². The van der Waals surface area contributed by atoms with Crippen LogP contribution in [0.25, 0.3) is 0 Å². The zero-order valence-corrected chi connectivity index (χ0v) is 8.56. The SMILES string of the molecule is CCCC(O)C(O)=CCC(O)CCO. The van der Waals surface area contributed by atoms with Gasteiger partial charge in [-0.3, -0.25) is 0 Å². The molecule has 0 rings (SSSR count). The van der Waals surface area contributed by atoms with Crippen molar-refractivity contribution in [2.45, 2.75) is 44.8 Å². The van der Waals surface area contributed by atoms with Gasteiger partial charge in [0, 0.05) is 6.61 Å². The second-order valence-electron chi connectivity index (χ2n) is 3.34. The maximum Gasteiger partial charge on any atom is 0.117 e. The molecular weight excluding hydrogens is 184 g/mol. The van der Waals surface area contributed by atoms with Gasteiger partial charge in [0.15, 0.2) is 0 Å². The molecule has 2 atom stereocenters. The molecule has 0 aromatic carbocycles. The minimum Gasteiger partial charge on any atom is -0.510 e. The van der Waals surface area contributed by atoms with Crippen molar-refractivity contribution in [1.29, 1.82) is 0 Å². The topological polar surface area (TPSA) is 80.9 Å². The van der Waals surface area contributed by atoms with Gasteiger partial charge >= 0.3 is 0 Å². The van der Waals surface area contributed by atoms with Gasteiger partial charge in [-0.05, 0) is 25.3 Å². The van der Waals surface area contributed by atoms with Gasteiger partial charge in [-0.25, -0.2) is 0 Å². The summed E-state index contributed by atoms with van der Waals surface area (Å²) in [6.07, 6.45) is 1.76. The highest BCUT2D eigenvalue weighted by Crippen LogP contribution is 2.08. The highest BCUT2D eigenvalue weighted by Gasteiger charge is 2.08. The Hall–Kier alpha value is -0.580. The van der Waals surface area contributed by atoms with E-state index < -0.39 is 12.2 Å². The van der Waals surface area contributed by atoms with E-state index in [1.165, 1.54) is 6.08 Å². The Kier molecular flexibility index (Phi) is 7.47. The van der Waals surface area contributed by atoms with Crippen molar-refractivity contribution < 1.29 is 20.4 Å². The van der Waals surface area contributed by atoms with Crippen LogP contribution in [-0.4, -0.2) is 39.2 Å². The predicted octanol–water partition coefficient (Wildman–Crippen LogP) is 0.723. The molecule has 0 saturated heterocycles. The minimum atomic E-state index is -0.832. The molecule has 4 N–H and O–H groups in total. The maximum atomic E-state index is 9.31. The van der Waals surface area contributed by atoms with Gasteiger partial charge in [0.05, 0.1) is 6.10 Å². The number of aliphatic hydroxyl groups excluding tert-OH is 4. The number of rotatable bonds is 7. The highest BCUT2D eigenvalue weighted by molar-refractivity contribution is 4.98. The van der Waals surface area contributed by atoms with E-state index in [0.29, 0.717) is 6.42 Å². The summed E-state index contributed by atoms with van der Waals surface area (Å²) < 4.78 is 0. The summed E-state index contributed by atoms with van der Waals surface area (Å²) in [4.78, 5) is 0. The molecule has 0 bridgehead atoms. The third-order valence-electron chi connectivity index (χ3n) is 1.96. The molecule has 0 amide bonds. The smallest absolute Gasteiger partial charge is 0.117 e. The molecule has 14 heavy (non-hydrogen) atoms. The van der Waals surface area contributed by atoms with Gasteiger partial charge in [-0.15, -0.1) is 0 Å². The zero-order valence-electron chi connectivity index (χ0n) is 8.56. The summed E-state index contributed by atoms with van der Waals surface area (Å²) in [5.74, 6) is -0.0937. The molecule has 0 fully saturated rings. The summed E-state index contributed by atoms with van der Waals surface area (Å²) in [6.45, 7) is 1.84. The van der Waals surface area contributed by atoms with Gasteiger partial charge in [-0.1, -0.05) is 13.3 Å². The Morgan fingerprint density at radius 3 is 2.43 bits per heavy atom. The molecule has 0 aliphatic rings. The molecule has 0 spiro atoms. The average Bonchev–Trinajstić information content (AvgIpc) is 2.15. The van der Waals surface area contributed by atoms with Crippen molar-refractivity contribution in [2.75, 3.05) is 6.61 Å². The van der Waals surface area contributed by atoms with E-state index in [1.807, 2.05) is 6.92 Å². The highest BCUT2D eigenvalue weighted by atomic mass is 16.3. The molecule has 0 heterocycles. The van der Waals surface area contributed by atoms with Crippen LogP contribution in [0.4, 0.5) is 0 Å². The van der Waals surface area contributed by atoms with Crippen molar-refractivity contribution in [3.8, 4) is 0 Å². The predicted molar refractivity (Wildman–Crippen MR) is 54.0 cm³/mol. The first-order chi connectivity index (χ1) is 6.61. The maximum absolute atomic E-state index is 9.31. The largest absolute Gasteiger partial charge is 0.510 e. The van der Waals surface area contributed by atoms with E-state index in [-0.39, 0.29) is 25.2 Å². The fourth-order valence-electron chi connectivity index (χ4n) is 1.08. The van der Waals surface area contributed by atoms with Crippen LogP contribution in [0.1, 0.15) is 32.6 Å². The lowest BCUT2D eigenvalue weighted by molar-refractivity contribution is 0.126. The fraction of sp³-hybridized carbons (Fsp3) is 0.800. The van der Waals surface area contributed by atoms with Crippen LogP contribution >= 0.6 is 0 Å². The zero-order chi connectivity index (χ0) is 11.0. The standard InChI is InChI=1S/C10H20O4/c1-2-3-9(13)10(14)5-4-8(12)6-7-11/h5,8-9,11-14H,2-4,6-7H2,1H3. The average molecular weight is 204 g/mol. The molecule has 2 unspecified atom stereocenters. The van der Waals surface area contributed by atoms with Crippen LogP contribution in [0.2, 0.25) is 0 Å². The summed E-state index contributed by atoms with van der Waals surface area (Å²) in [7, 11) is 0. The molecule has 0 aliphatic carbocycles. The summed E-state index contributed by atoms with van der Waals surface area (Å²) in [5.41, 5.74) is 0. The Balaban J connectivity index is 3.85. The van der Waals surface area contributed by atoms with Crippen molar-refractivity contribution in [2.24, 2.45) is 0 Å². The van der Waals surface area contributed by atoms with Crippen LogP contribution in [0.5, 0.6) is 0 Å². The second-order valence-corrected chi connectivity index (χ2v) is 3.34. The summed E-state index contributed by atoms with van der Waals surface area (Å²) in [6, 6.07) is 0. The monoisotopic (exact) mass is 204 g/mol. The molecular formula is C10H20O4. The van der Waals surface area contributed by atoms with E-state index in [9.17, 15) is 15.3 Å². The quantitative estimate of drug-likeness (QED) is 0.461. The van der Waals surface area contributed by atoms with Gasteiger partial charge in [0.1, 0.15) is 11.9 Å². The van der Waals surface area contributed by atoms with Gasteiger partial charge in [0.2, 0.25) is 0 Å². The van der Waals surface area contributed by atoms with Gasteiger partial charge < -0.3 is 20.4 Å². The van der Waals surface area contributed by atoms with Crippen molar-refractivity contribution in [3.63, 3.8) is 0 Å². The lowest BCUT2D eigenvalue weighted by atomic mass is 10.1. The van der Waals surface area contributed by atoms with E-state index in [2.05, 4.69) is 0 Å². The van der Waals surface area contributed by atoms with E-state index >= 15 is 0 Å². The minimum absolute atomic E-state index is 0.0761. The van der Waals surface area contributed by atoms with Crippen LogP contribution in [0.3, 0.4) is 0 Å². The van der Waals surface area contributed by atoms with Crippen molar-refractivity contribution >= 4 is 0 Å². The summed E-state index contributed by atoms with van der Waals surface area (Å²) >= 11 is 0. The Bertz CT molecular complexity index is 168. The molecule has 4 heteroatoms. The van der Waals surface area contributed by atoms with Gasteiger partial charge in [0.25, 0.3) is 0 Å². The molecule has 0 radical (unpaired) electrons. The number of aliphatic hydroxyl groups is 4. The van der Waals surface area contributed by atoms with Crippen LogP contribution in [-0.2, 0) is 0 Å². The van der Waals surface area contributed by atoms with Crippen LogP contribution in [0.15, 0.2) is 11.8 Å². The summed E-state index contributed by atoms with van der Waals surface area (Å²) in [5, 5.41) is 36.3. The normalized spacial score (nSPS) is 16.7. The first-order valence-corrected chi connectivity index (χ1v) is 4.97. The second kappa shape index (κ2) is 7.79. The van der Waals surface area contributed by atoms with E-state index in [4.69, 9.17) is 5.11 Å². The van der Waals surface area contributed by atoms with Crippen LogP contribution < -0.4 is 0 Å². The third-order valence-corrected chi connectivity index (χ3v) is 1.96. The van der Waals surface area contributed by atoms with E-state index in [0.717, 1.165) is 6.42 Å². The molecule has 0 saturated carbocycles. The molecule has 4 nitrogen and oxygen atoms in total. The van der Waals surface area contributed by atoms with E-state index in [1.54, 1.807) is 0 Å². The molecule has 0 aliphatic heterocycles. The first-order valence-electron chi connectivity index (χ1n) is 4.97. The fourth-order valence-corrected chi connectivity index (χ4v) is 1.08. The van der Waals surface area contributed by atoms with Crippen molar-refractivity contribution in [3.05, 3.63) is 11.8 Å². The van der Waals surface area contributed by atoms with Crippen molar-refractivity contribution in [1.82, 2.24) is 0 Å². The Labute approximate surface area is 84.5 Å². The molecule has 0 aromatic heterocycles. The first kappa shape index (κ1) is 13.4. The third kappa shape index (κ3) is 5.96. The molecule has 84 valence electrons. The lowest BCUT2D eigenvalue weighted by Crippen LogP contribution is -2.12. The number of hydrogen-bond acceptors (Lipinski definition) is 4. The lowest BCUT2D eigenvalue weighted by Gasteiger charge is -2.09.